The van der Waals surface area contributed by atoms with Crippen LogP contribution in [0.4, 0.5) is 14.5 Å². The molecule has 0 unspecified atom stereocenters. The highest BCUT2D eigenvalue weighted by Crippen LogP contribution is 2.34. The molecule has 0 spiro atoms. The third-order valence-corrected chi connectivity index (χ3v) is 7.36. The topological polar surface area (TPSA) is 55.8 Å². The van der Waals surface area contributed by atoms with Crippen molar-refractivity contribution < 1.29 is 26.7 Å². The van der Waals surface area contributed by atoms with Gasteiger partial charge in [0.1, 0.15) is 11.6 Å². The van der Waals surface area contributed by atoms with Gasteiger partial charge in [0, 0.05) is 19.0 Å². The Labute approximate surface area is 200 Å². The predicted octanol–water partition coefficient (Wildman–Crippen LogP) is 5.88. The van der Waals surface area contributed by atoms with Crippen LogP contribution in [-0.2, 0) is 16.4 Å². The van der Waals surface area contributed by atoms with E-state index in [2.05, 4.69) is 0 Å². The summed E-state index contributed by atoms with van der Waals surface area (Å²) in [6.07, 6.45) is 1.44. The third kappa shape index (κ3) is 5.50. The number of rotatable bonds is 10. The zero-order valence-corrected chi connectivity index (χ0v) is 20.6. The van der Waals surface area contributed by atoms with Gasteiger partial charge in [-0.2, -0.15) is 0 Å². The highest BCUT2D eigenvalue weighted by Gasteiger charge is 2.28. The van der Waals surface area contributed by atoms with Crippen molar-refractivity contribution >= 4 is 15.7 Å². The Balaban J connectivity index is 2.14. The Hall–Kier alpha value is -3.13. The quantitative estimate of drug-likeness (QED) is 0.357. The smallest absolute Gasteiger partial charge is 0.264 e. The van der Waals surface area contributed by atoms with Crippen molar-refractivity contribution in [3.63, 3.8) is 0 Å². The summed E-state index contributed by atoms with van der Waals surface area (Å²) in [6, 6.07) is 13.0. The lowest BCUT2D eigenvalue weighted by Crippen LogP contribution is -2.33. The first kappa shape index (κ1) is 25.5. The first-order valence-corrected chi connectivity index (χ1v) is 12.4. The van der Waals surface area contributed by atoms with Gasteiger partial charge in [0.2, 0.25) is 0 Å². The molecule has 0 aliphatic carbocycles. The number of unbranched alkanes of at least 4 members (excludes halogenated alkanes) is 1. The van der Waals surface area contributed by atoms with Crippen molar-refractivity contribution in [2.45, 2.75) is 38.0 Å². The Bertz CT molecular complexity index is 1260. The van der Waals surface area contributed by atoms with E-state index in [1.165, 1.54) is 30.7 Å². The second-order valence-corrected chi connectivity index (χ2v) is 9.85. The van der Waals surface area contributed by atoms with E-state index in [4.69, 9.17) is 9.47 Å². The van der Waals surface area contributed by atoms with Crippen LogP contribution >= 0.6 is 0 Å². The third-order valence-electron chi connectivity index (χ3n) is 5.55. The van der Waals surface area contributed by atoms with Crippen molar-refractivity contribution in [3.05, 3.63) is 82.9 Å². The van der Waals surface area contributed by atoms with Gasteiger partial charge >= 0.3 is 0 Å². The summed E-state index contributed by atoms with van der Waals surface area (Å²) >= 11 is 0. The first-order valence-electron chi connectivity index (χ1n) is 11.0. The molecule has 0 atom stereocenters. The molecule has 0 fully saturated rings. The normalized spacial score (nSPS) is 11.4. The highest BCUT2D eigenvalue weighted by atomic mass is 32.2. The lowest BCUT2D eigenvalue weighted by Gasteiger charge is -2.27. The molecule has 0 N–H and O–H groups in total. The number of halogens is 2. The predicted molar refractivity (Wildman–Crippen MR) is 129 cm³/mol. The summed E-state index contributed by atoms with van der Waals surface area (Å²) in [4.78, 5) is 0.0460. The average Bonchev–Trinajstić information content (AvgIpc) is 2.82. The molecule has 0 aliphatic rings. The van der Waals surface area contributed by atoms with E-state index in [0.29, 0.717) is 29.2 Å². The SMILES string of the molecule is CCCCN(c1ccc(C)cc1Cc1cc(F)ccc1F)S(=O)(=O)c1ccc(OC)c(OC)c1. The molecular weight excluding hydrogens is 460 g/mol. The maximum atomic E-state index is 14.4. The summed E-state index contributed by atoms with van der Waals surface area (Å²) in [6.45, 7) is 4.07. The van der Waals surface area contributed by atoms with E-state index >= 15 is 0 Å². The van der Waals surface area contributed by atoms with Gasteiger partial charge in [0.05, 0.1) is 24.8 Å². The first-order chi connectivity index (χ1) is 16.2. The lowest BCUT2D eigenvalue weighted by molar-refractivity contribution is 0.354. The van der Waals surface area contributed by atoms with Gasteiger partial charge < -0.3 is 9.47 Å². The van der Waals surface area contributed by atoms with Gasteiger partial charge in [-0.15, -0.1) is 0 Å². The monoisotopic (exact) mass is 489 g/mol. The molecule has 0 aromatic heterocycles. The summed E-state index contributed by atoms with van der Waals surface area (Å²) in [5.74, 6) is -0.382. The molecule has 8 heteroatoms. The molecule has 0 amide bonds. The van der Waals surface area contributed by atoms with Crippen molar-refractivity contribution in [2.75, 3.05) is 25.1 Å². The van der Waals surface area contributed by atoms with Crippen molar-refractivity contribution in [1.82, 2.24) is 0 Å². The molecule has 0 aliphatic heterocycles. The van der Waals surface area contributed by atoms with E-state index in [9.17, 15) is 17.2 Å². The summed E-state index contributed by atoms with van der Waals surface area (Å²) in [5.41, 5.74) is 2.06. The van der Waals surface area contributed by atoms with Gasteiger partial charge in [-0.1, -0.05) is 31.0 Å². The van der Waals surface area contributed by atoms with Crippen LogP contribution in [0, 0.1) is 18.6 Å². The lowest BCUT2D eigenvalue weighted by atomic mass is 10.0. The zero-order chi connectivity index (χ0) is 24.9. The minimum Gasteiger partial charge on any atom is -0.493 e. The van der Waals surface area contributed by atoms with Crippen LogP contribution in [0.1, 0.15) is 36.5 Å². The number of nitrogens with zero attached hydrogens (tertiary/aromatic N) is 1. The second kappa shape index (κ2) is 10.9. The molecule has 0 heterocycles. The molecule has 34 heavy (non-hydrogen) atoms. The number of hydrogen-bond donors (Lipinski definition) is 0. The molecule has 0 saturated heterocycles. The Morgan fingerprint density at radius 2 is 1.62 bits per heavy atom. The van der Waals surface area contributed by atoms with Crippen LogP contribution < -0.4 is 13.8 Å². The summed E-state index contributed by atoms with van der Waals surface area (Å²) in [7, 11) is -1.08. The van der Waals surface area contributed by atoms with Crippen LogP contribution in [0.2, 0.25) is 0 Å². The van der Waals surface area contributed by atoms with Gasteiger partial charge in [0.15, 0.2) is 11.5 Å². The van der Waals surface area contributed by atoms with E-state index < -0.39 is 21.7 Å². The van der Waals surface area contributed by atoms with Gasteiger partial charge in [0.25, 0.3) is 10.0 Å². The average molecular weight is 490 g/mol. The summed E-state index contributed by atoms with van der Waals surface area (Å²) in [5, 5.41) is 0. The van der Waals surface area contributed by atoms with Gasteiger partial charge in [-0.05, 0) is 60.9 Å². The summed E-state index contributed by atoms with van der Waals surface area (Å²) < 4.78 is 67.7. The molecule has 3 rings (SSSR count). The Kier molecular flexibility index (Phi) is 8.15. The van der Waals surface area contributed by atoms with Crippen LogP contribution in [0.25, 0.3) is 0 Å². The minimum atomic E-state index is -4.00. The second-order valence-electron chi connectivity index (χ2n) is 7.99. The van der Waals surface area contributed by atoms with E-state index in [0.717, 1.165) is 30.2 Å². The molecule has 3 aromatic rings. The van der Waals surface area contributed by atoms with Crippen LogP contribution in [0.15, 0.2) is 59.5 Å². The minimum absolute atomic E-state index is 0.0460. The van der Waals surface area contributed by atoms with Crippen LogP contribution in [-0.4, -0.2) is 29.2 Å². The number of anilines is 1. The van der Waals surface area contributed by atoms with E-state index in [-0.39, 0.29) is 23.4 Å². The van der Waals surface area contributed by atoms with Crippen molar-refractivity contribution in [2.24, 2.45) is 0 Å². The Morgan fingerprint density at radius 3 is 2.29 bits per heavy atom. The standard InChI is InChI=1S/C26H29F2NO4S/c1-5-6-13-29(34(30,31)22-9-12-25(32-3)26(17-22)33-4)24-11-7-18(2)14-20(24)15-19-16-21(27)8-10-23(19)28/h7-12,14,16-17H,5-6,13,15H2,1-4H3. The van der Waals surface area contributed by atoms with E-state index in [1.54, 1.807) is 12.1 Å². The fourth-order valence-corrected chi connectivity index (χ4v) is 5.32. The van der Waals surface area contributed by atoms with E-state index in [1.807, 2.05) is 26.0 Å². The number of benzene rings is 3. The molecular formula is C26H29F2NO4S. The molecule has 3 aromatic carbocycles. The maximum Gasteiger partial charge on any atom is 0.264 e. The zero-order valence-electron chi connectivity index (χ0n) is 19.8. The Morgan fingerprint density at radius 1 is 0.882 bits per heavy atom. The van der Waals surface area contributed by atoms with Crippen molar-refractivity contribution in [1.29, 1.82) is 0 Å². The van der Waals surface area contributed by atoms with Gasteiger partial charge in [-0.3, -0.25) is 4.31 Å². The van der Waals surface area contributed by atoms with Gasteiger partial charge in [-0.25, -0.2) is 17.2 Å². The molecule has 0 radical (unpaired) electrons. The number of hydrogen-bond acceptors (Lipinski definition) is 4. The number of sulfonamides is 1. The van der Waals surface area contributed by atoms with Crippen LogP contribution in [0.3, 0.4) is 0 Å². The maximum absolute atomic E-state index is 14.4. The fraction of sp³-hybridized carbons (Fsp3) is 0.308. The largest absolute Gasteiger partial charge is 0.493 e. The fourth-order valence-electron chi connectivity index (χ4n) is 3.76. The molecule has 0 saturated carbocycles. The number of aryl methyl sites for hydroxylation is 1. The molecule has 5 nitrogen and oxygen atoms in total. The number of ether oxygens (including phenoxy) is 2. The molecule has 182 valence electrons. The van der Waals surface area contributed by atoms with Crippen LogP contribution in [0.5, 0.6) is 11.5 Å². The number of methoxy groups -OCH3 is 2. The van der Waals surface area contributed by atoms with Crippen molar-refractivity contribution in [3.8, 4) is 11.5 Å². The highest BCUT2D eigenvalue weighted by molar-refractivity contribution is 7.92. The molecule has 0 bridgehead atoms.